The molecule has 0 bridgehead atoms. The van der Waals surface area contributed by atoms with Crippen molar-refractivity contribution >= 4 is 54.7 Å². The maximum absolute atomic E-state index is 5.44. The third-order valence-electron chi connectivity index (χ3n) is 5.03. The van der Waals surface area contributed by atoms with Gasteiger partial charge in [0.15, 0.2) is 0 Å². The largest absolute Gasteiger partial charge is 0.378 e. The molecule has 0 saturated carbocycles. The zero-order chi connectivity index (χ0) is 19.6. The molecule has 1 fully saturated rings. The molecule has 5 nitrogen and oxygen atoms in total. The first-order valence-corrected chi connectivity index (χ1v) is 11.1. The van der Waals surface area contributed by atoms with Crippen LogP contribution in [-0.2, 0) is 4.74 Å². The van der Waals surface area contributed by atoms with E-state index in [9.17, 15) is 0 Å². The van der Waals surface area contributed by atoms with Crippen molar-refractivity contribution in [3.05, 3.63) is 64.7 Å². The van der Waals surface area contributed by atoms with Gasteiger partial charge in [-0.25, -0.2) is 9.97 Å². The molecular formula is C22H19BrN4OS. The smallest absolute Gasteiger partial charge is 0.143 e. The topological polar surface area (TPSA) is 50.3 Å². The molecule has 2 aromatic heterocycles. The van der Waals surface area contributed by atoms with E-state index in [1.807, 2.05) is 0 Å². The minimum absolute atomic E-state index is 0.788. The van der Waals surface area contributed by atoms with Gasteiger partial charge in [0.1, 0.15) is 17.0 Å². The molecule has 7 heteroatoms. The number of nitrogens with zero attached hydrogens (tertiary/aromatic N) is 3. The number of ether oxygens (including phenoxy) is 1. The Bertz CT molecular complexity index is 1120. The lowest BCUT2D eigenvalue weighted by Gasteiger charge is -2.28. The molecule has 29 heavy (non-hydrogen) atoms. The molecule has 5 rings (SSSR count). The molecule has 1 N–H and O–H groups in total. The normalized spacial score (nSPS) is 14.3. The van der Waals surface area contributed by atoms with E-state index in [0.717, 1.165) is 63.6 Å². The second-order valence-corrected chi connectivity index (χ2v) is 8.60. The quantitative estimate of drug-likeness (QED) is 0.417. The summed E-state index contributed by atoms with van der Waals surface area (Å²) in [7, 11) is 0. The average Bonchev–Trinajstić information content (AvgIpc) is 3.21. The highest BCUT2D eigenvalue weighted by atomic mass is 79.9. The molecule has 0 spiro atoms. The summed E-state index contributed by atoms with van der Waals surface area (Å²) in [4.78, 5) is 12.3. The summed E-state index contributed by atoms with van der Waals surface area (Å²) in [6.07, 6.45) is 1.62. The first-order chi connectivity index (χ1) is 14.3. The van der Waals surface area contributed by atoms with Gasteiger partial charge in [0.2, 0.25) is 0 Å². The number of fused-ring (bicyclic) bond motifs is 1. The van der Waals surface area contributed by atoms with Crippen molar-refractivity contribution in [2.24, 2.45) is 0 Å². The number of halogens is 1. The Hall–Kier alpha value is -2.48. The molecule has 146 valence electrons. The lowest BCUT2D eigenvalue weighted by molar-refractivity contribution is 0.122. The fraction of sp³-hybridized carbons (Fsp3) is 0.182. The van der Waals surface area contributed by atoms with Gasteiger partial charge in [-0.1, -0.05) is 28.1 Å². The molecule has 1 saturated heterocycles. The molecule has 0 atom stereocenters. The Morgan fingerprint density at radius 3 is 2.48 bits per heavy atom. The highest BCUT2D eigenvalue weighted by molar-refractivity contribution is 9.10. The summed E-state index contributed by atoms with van der Waals surface area (Å²) in [5.74, 6) is 0.827. The van der Waals surface area contributed by atoms with Gasteiger partial charge >= 0.3 is 0 Å². The fourth-order valence-corrected chi connectivity index (χ4v) is 4.71. The number of benzene rings is 2. The van der Waals surface area contributed by atoms with Crippen LogP contribution in [0.2, 0.25) is 0 Å². The predicted molar refractivity (Wildman–Crippen MR) is 123 cm³/mol. The lowest BCUT2D eigenvalue weighted by Crippen LogP contribution is -2.36. The van der Waals surface area contributed by atoms with E-state index in [1.165, 1.54) is 5.69 Å². The summed E-state index contributed by atoms with van der Waals surface area (Å²) in [6.45, 7) is 3.45. The number of morpholine rings is 1. The second-order valence-electron chi connectivity index (χ2n) is 6.83. The van der Waals surface area contributed by atoms with E-state index in [-0.39, 0.29) is 0 Å². The zero-order valence-electron chi connectivity index (χ0n) is 15.6. The van der Waals surface area contributed by atoms with Gasteiger partial charge in [0.05, 0.1) is 18.6 Å². The minimum Gasteiger partial charge on any atom is -0.378 e. The molecule has 3 heterocycles. The molecular weight excluding hydrogens is 448 g/mol. The van der Waals surface area contributed by atoms with Gasteiger partial charge < -0.3 is 15.0 Å². The summed E-state index contributed by atoms with van der Waals surface area (Å²) in [6, 6.07) is 16.8. The minimum atomic E-state index is 0.788. The lowest BCUT2D eigenvalue weighted by atomic mass is 10.1. The van der Waals surface area contributed by atoms with Crippen molar-refractivity contribution in [2.45, 2.75) is 0 Å². The predicted octanol–water partition coefficient (Wildman–Crippen LogP) is 5.70. The van der Waals surface area contributed by atoms with E-state index in [2.05, 4.69) is 90.0 Å². The van der Waals surface area contributed by atoms with Crippen molar-refractivity contribution in [2.75, 3.05) is 36.5 Å². The van der Waals surface area contributed by atoms with Crippen LogP contribution in [0.25, 0.3) is 21.3 Å². The Balaban J connectivity index is 1.46. The third kappa shape index (κ3) is 3.85. The van der Waals surface area contributed by atoms with Crippen LogP contribution >= 0.6 is 27.3 Å². The number of nitrogens with one attached hydrogen (secondary N) is 1. The monoisotopic (exact) mass is 466 g/mol. The van der Waals surface area contributed by atoms with Gasteiger partial charge in [-0.2, -0.15) is 0 Å². The average molecular weight is 467 g/mol. The zero-order valence-corrected chi connectivity index (χ0v) is 18.0. The van der Waals surface area contributed by atoms with Gasteiger partial charge in [-0.05, 0) is 42.0 Å². The van der Waals surface area contributed by atoms with Crippen molar-refractivity contribution in [3.8, 4) is 11.1 Å². The van der Waals surface area contributed by atoms with E-state index in [4.69, 9.17) is 4.74 Å². The molecule has 2 aromatic carbocycles. The SMILES string of the molecule is Brc1ccc(-c2csc3ncnc(Nc4ccc(N5CCOCC5)cc4)c23)cc1. The maximum atomic E-state index is 5.44. The summed E-state index contributed by atoms with van der Waals surface area (Å²) < 4.78 is 6.51. The molecule has 0 amide bonds. The molecule has 4 aromatic rings. The van der Waals surface area contributed by atoms with Crippen molar-refractivity contribution in [1.29, 1.82) is 0 Å². The second kappa shape index (κ2) is 8.10. The standard InChI is InChI=1S/C22H19BrN4OS/c23-16-3-1-15(2-4-16)19-13-29-22-20(19)21(24-14-25-22)26-17-5-7-18(8-6-17)27-9-11-28-12-10-27/h1-8,13-14H,9-12H2,(H,24,25,26). The number of thiophene rings is 1. The highest BCUT2D eigenvalue weighted by Gasteiger charge is 2.14. The first kappa shape index (κ1) is 18.5. The van der Waals surface area contributed by atoms with E-state index < -0.39 is 0 Å². The van der Waals surface area contributed by atoms with Crippen LogP contribution in [0.3, 0.4) is 0 Å². The molecule has 0 aliphatic carbocycles. The van der Waals surface area contributed by atoms with Gasteiger partial charge in [-0.15, -0.1) is 11.3 Å². The molecule has 0 unspecified atom stereocenters. The maximum Gasteiger partial charge on any atom is 0.143 e. The Morgan fingerprint density at radius 2 is 1.72 bits per heavy atom. The number of hydrogen-bond acceptors (Lipinski definition) is 6. The number of anilines is 3. The van der Waals surface area contributed by atoms with Crippen LogP contribution in [0.1, 0.15) is 0 Å². The first-order valence-electron chi connectivity index (χ1n) is 9.46. The van der Waals surface area contributed by atoms with Crippen LogP contribution in [-0.4, -0.2) is 36.3 Å². The number of hydrogen-bond donors (Lipinski definition) is 1. The summed E-state index contributed by atoms with van der Waals surface area (Å²) in [5, 5.41) is 6.69. The number of rotatable bonds is 4. The van der Waals surface area contributed by atoms with Crippen LogP contribution < -0.4 is 10.2 Å². The van der Waals surface area contributed by atoms with Crippen molar-refractivity contribution in [3.63, 3.8) is 0 Å². The third-order valence-corrected chi connectivity index (χ3v) is 6.45. The van der Waals surface area contributed by atoms with Crippen molar-refractivity contribution < 1.29 is 4.74 Å². The van der Waals surface area contributed by atoms with Crippen LogP contribution in [0.4, 0.5) is 17.2 Å². The molecule has 1 aliphatic rings. The van der Waals surface area contributed by atoms with Gasteiger partial charge in [0, 0.05) is 39.9 Å². The van der Waals surface area contributed by atoms with E-state index in [1.54, 1.807) is 17.7 Å². The fourth-order valence-electron chi connectivity index (χ4n) is 3.53. The van der Waals surface area contributed by atoms with E-state index >= 15 is 0 Å². The van der Waals surface area contributed by atoms with Gasteiger partial charge in [-0.3, -0.25) is 0 Å². The summed E-state index contributed by atoms with van der Waals surface area (Å²) in [5.41, 5.74) is 4.53. The summed E-state index contributed by atoms with van der Waals surface area (Å²) >= 11 is 5.14. The van der Waals surface area contributed by atoms with Gasteiger partial charge in [0.25, 0.3) is 0 Å². The van der Waals surface area contributed by atoms with Crippen LogP contribution in [0, 0.1) is 0 Å². The Morgan fingerprint density at radius 1 is 0.966 bits per heavy atom. The molecule has 0 radical (unpaired) electrons. The Labute approximate surface area is 181 Å². The Kier molecular flexibility index (Phi) is 5.18. The number of aromatic nitrogens is 2. The molecule has 1 aliphatic heterocycles. The highest BCUT2D eigenvalue weighted by Crippen LogP contribution is 2.37. The van der Waals surface area contributed by atoms with Crippen molar-refractivity contribution in [1.82, 2.24) is 9.97 Å². The van der Waals surface area contributed by atoms with Crippen LogP contribution in [0.15, 0.2) is 64.7 Å². The van der Waals surface area contributed by atoms with Crippen LogP contribution in [0.5, 0.6) is 0 Å². The van der Waals surface area contributed by atoms with E-state index in [0.29, 0.717) is 0 Å².